The molecule has 0 saturated heterocycles. The van der Waals surface area contributed by atoms with Crippen molar-refractivity contribution in [3.05, 3.63) is 0 Å². The van der Waals surface area contributed by atoms with Crippen molar-refractivity contribution in [1.29, 1.82) is 0 Å². The van der Waals surface area contributed by atoms with Crippen molar-refractivity contribution in [3.8, 4) is 0 Å². The fraction of sp³-hybridized carbons (Fsp3) is 0.500. The summed E-state index contributed by atoms with van der Waals surface area (Å²) in [4.78, 5) is 9.24. The minimum atomic E-state index is -0.980. The molecule has 0 saturated carbocycles. The Hall–Kier alpha value is -0.0231. The summed E-state index contributed by atoms with van der Waals surface area (Å²) in [6.45, 7) is 0. The molecule has 6 heavy (non-hydrogen) atoms. The summed E-state index contributed by atoms with van der Waals surface area (Å²) in [7, 11) is 0. The highest BCUT2D eigenvalue weighted by Crippen LogP contribution is 1.67. The first-order chi connectivity index (χ1) is 2.27. The van der Waals surface area contributed by atoms with Gasteiger partial charge in [0.15, 0.2) is 0 Å². The van der Waals surface area contributed by atoms with E-state index in [-0.39, 0.29) is 16.8 Å². The van der Waals surface area contributed by atoms with E-state index in [1.54, 1.807) is 0 Å². The molecule has 0 atom stereocenters. The Morgan fingerprint density at radius 1 is 1.83 bits per heavy atom. The zero-order chi connectivity index (χ0) is 4.28. The van der Waals surface area contributed by atoms with Crippen LogP contribution in [0.2, 0.25) is 0 Å². The van der Waals surface area contributed by atoms with Gasteiger partial charge in [0.1, 0.15) is 5.88 Å². The molecule has 0 fully saturated rings. The van der Waals surface area contributed by atoms with Gasteiger partial charge in [-0.2, -0.15) is 0 Å². The predicted octanol–water partition coefficient (Wildman–Crippen LogP) is -0.0710. The number of aliphatic carboxylic acids is 1. The van der Waals surface area contributed by atoms with Gasteiger partial charge in [-0.3, -0.25) is 4.79 Å². The van der Waals surface area contributed by atoms with Crippen molar-refractivity contribution in [2.45, 2.75) is 0 Å². The van der Waals surface area contributed by atoms with Crippen LogP contribution in [0.5, 0.6) is 0 Å². The van der Waals surface area contributed by atoms with Gasteiger partial charge in [0, 0.05) is 11.0 Å². The SMILES string of the molecule is O=C(O)CCl.[Si]. The number of hydrogen-bond acceptors (Lipinski definition) is 1. The van der Waals surface area contributed by atoms with Gasteiger partial charge in [-0.05, 0) is 0 Å². The molecule has 0 bridgehead atoms. The zero-order valence-electron chi connectivity index (χ0n) is 2.94. The monoisotopic (exact) mass is 122 g/mol. The first kappa shape index (κ1) is 9.36. The van der Waals surface area contributed by atoms with Crippen LogP contribution in [0.15, 0.2) is 0 Å². The molecule has 4 radical (unpaired) electrons. The molecule has 0 aliphatic carbocycles. The summed E-state index contributed by atoms with van der Waals surface area (Å²) >= 11 is 4.74. The third-order valence-electron chi connectivity index (χ3n) is 0.114. The van der Waals surface area contributed by atoms with Crippen LogP contribution in [0.3, 0.4) is 0 Å². The van der Waals surface area contributed by atoms with Crippen LogP contribution < -0.4 is 0 Å². The summed E-state index contributed by atoms with van der Waals surface area (Å²) in [6.07, 6.45) is 0. The predicted molar refractivity (Wildman–Crippen MR) is 24.1 cm³/mol. The van der Waals surface area contributed by atoms with Crippen molar-refractivity contribution in [2.75, 3.05) is 5.88 Å². The summed E-state index contributed by atoms with van der Waals surface area (Å²) in [5.41, 5.74) is 0. The zero-order valence-corrected chi connectivity index (χ0v) is 4.70. The lowest BCUT2D eigenvalue weighted by atomic mass is 10.8. The summed E-state index contributed by atoms with van der Waals surface area (Å²) in [5, 5.41) is 7.59. The number of alkyl halides is 1. The van der Waals surface area contributed by atoms with E-state index >= 15 is 0 Å². The van der Waals surface area contributed by atoms with Crippen molar-refractivity contribution in [3.63, 3.8) is 0 Å². The van der Waals surface area contributed by atoms with Gasteiger partial charge in [0.2, 0.25) is 0 Å². The highest BCUT2D eigenvalue weighted by molar-refractivity contribution is 6.26. The van der Waals surface area contributed by atoms with Crippen LogP contribution in [-0.4, -0.2) is 27.9 Å². The molecule has 0 aliphatic heterocycles. The Morgan fingerprint density at radius 2 is 2.00 bits per heavy atom. The molecule has 0 unspecified atom stereocenters. The van der Waals surface area contributed by atoms with E-state index in [1.165, 1.54) is 0 Å². The number of halogens is 1. The van der Waals surface area contributed by atoms with E-state index in [1.807, 2.05) is 0 Å². The molecule has 1 N–H and O–H groups in total. The standard InChI is InChI=1S/C2H3ClO2.Si/c3-1-2(4)5;/h1H2,(H,4,5);. The molecule has 0 rings (SSSR count). The minimum absolute atomic E-state index is 0. The molecular formula is C2H3ClO2Si. The Bertz CT molecular complexity index is 46.8. The fourth-order valence-corrected chi connectivity index (χ4v) is 0. The van der Waals surface area contributed by atoms with Crippen molar-refractivity contribution >= 4 is 28.5 Å². The Kier molecular flexibility index (Phi) is 7.76. The van der Waals surface area contributed by atoms with Gasteiger partial charge in [0.25, 0.3) is 0 Å². The van der Waals surface area contributed by atoms with Gasteiger partial charge in [0.05, 0.1) is 0 Å². The Labute approximate surface area is 45.1 Å². The lowest BCUT2D eigenvalue weighted by Gasteiger charge is -1.69. The van der Waals surface area contributed by atoms with Crippen molar-refractivity contribution in [1.82, 2.24) is 0 Å². The Morgan fingerprint density at radius 3 is 2.00 bits per heavy atom. The molecule has 2 nitrogen and oxygen atoms in total. The van der Waals surface area contributed by atoms with Crippen LogP contribution in [0.1, 0.15) is 0 Å². The molecule has 0 heterocycles. The van der Waals surface area contributed by atoms with Gasteiger partial charge in [-0.25, -0.2) is 0 Å². The van der Waals surface area contributed by atoms with Gasteiger partial charge >= 0.3 is 5.97 Å². The number of carboxylic acids is 1. The second-order valence-corrected chi connectivity index (χ2v) is 0.795. The summed E-state index contributed by atoms with van der Waals surface area (Å²) in [5.74, 6) is -1.29. The quantitative estimate of drug-likeness (QED) is 0.391. The van der Waals surface area contributed by atoms with E-state index in [4.69, 9.17) is 16.7 Å². The van der Waals surface area contributed by atoms with Crippen LogP contribution in [0, 0.1) is 0 Å². The Balaban J connectivity index is 0. The molecule has 34 valence electrons. The van der Waals surface area contributed by atoms with Crippen molar-refractivity contribution < 1.29 is 9.90 Å². The maximum Gasteiger partial charge on any atom is 0.318 e. The van der Waals surface area contributed by atoms with E-state index in [2.05, 4.69) is 0 Å². The number of carboxylic acid groups (broad SMARTS) is 1. The lowest BCUT2D eigenvalue weighted by molar-refractivity contribution is -0.134. The number of hydrogen-bond donors (Lipinski definition) is 1. The fourth-order valence-electron chi connectivity index (χ4n) is 0. The van der Waals surface area contributed by atoms with Gasteiger partial charge < -0.3 is 5.11 Å². The van der Waals surface area contributed by atoms with E-state index in [0.29, 0.717) is 0 Å². The largest absolute Gasteiger partial charge is 0.480 e. The topological polar surface area (TPSA) is 37.3 Å². The van der Waals surface area contributed by atoms with E-state index in [0.717, 1.165) is 0 Å². The maximum atomic E-state index is 9.24. The molecule has 0 aromatic heterocycles. The molecular weight excluding hydrogens is 120 g/mol. The average molecular weight is 123 g/mol. The maximum absolute atomic E-state index is 9.24. The number of rotatable bonds is 1. The average Bonchev–Trinajstić information content (AvgIpc) is 1.38. The van der Waals surface area contributed by atoms with Crippen LogP contribution in [0.4, 0.5) is 0 Å². The highest BCUT2D eigenvalue weighted by Gasteiger charge is 1.83. The van der Waals surface area contributed by atoms with Gasteiger partial charge in [-0.15, -0.1) is 11.6 Å². The lowest BCUT2D eigenvalue weighted by Crippen LogP contribution is -1.92. The van der Waals surface area contributed by atoms with Crippen LogP contribution >= 0.6 is 11.6 Å². The van der Waals surface area contributed by atoms with Crippen LogP contribution in [-0.2, 0) is 4.79 Å². The van der Waals surface area contributed by atoms with Gasteiger partial charge in [-0.1, -0.05) is 0 Å². The normalized spacial score (nSPS) is 6.17. The molecule has 0 aromatic rings. The smallest absolute Gasteiger partial charge is 0.318 e. The highest BCUT2D eigenvalue weighted by atomic mass is 35.5. The first-order valence-corrected chi connectivity index (χ1v) is 1.58. The van der Waals surface area contributed by atoms with Crippen LogP contribution in [0.25, 0.3) is 0 Å². The molecule has 0 amide bonds. The number of carbonyl (C=O) groups is 1. The van der Waals surface area contributed by atoms with E-state index in [9.17, 15) is 4.79 Å². The van der Waals surface area contributed by atoms with Crippen molar-refractivity contribution in [2.24, 2.45) is 0 Å². The molecule has 0 aromatic carbocycles. The van der Waals surface area contributed by atoms with E-state index < -0.39 is 5.97 Å². The third-order valence-corrected chi connectivity index (χ3v) is 0.343. The summed E-state index contributed by atoms with van der Waals surface area (Å²) < 4.78 is 0. The second-order valence-electron chi connectivity index (χ2n) is 0.527. The molecule has 4 heteroatoms. The second kappa shape index (κ2) is 4.98. The molecule has 0 spiro atoms. The summed E-state index contributed by atoms with van der Waals surface area (Å²) in [6, 6.07) is 0. The third kappa shape index (κ3) is 9.02. The first-order valence-electron chi connectivity index (χ1n) is 1.05. The minimum Gasteiger partial charge on any atom is -0.480 e. The molecule has 0 aliphatic rings.